The zero-order chi connectivity index (χ0) is 17.1. The molecule has 0 spiro atoms. The van der Waals surface area contributed by atoms with Crippen molar-refractivity contribution in [3.05, 3.63) is 64.9 Å². The first-order chi connectivity index (χ1) is 11.5. The first kappa shape index (κ1) is 16.7. The molecule has 0 radical (unpaired) electrons. The lowest BCUT2D eigenvalue weighted by molar-refractivity contribution is 0.0994. The molecule has 4 nitrogen and oxygen atoms in total. The van der Waals surface area contributed by atoms with Gasteiger partial charge in [0, 0.05) is 10.6 Å². The minimum absolute atomic E-state index is 0.0473. The van der Waals surface area contributed by atoms with E-state index < -0.39 is 0 Å². The van der Waals surface area contributed by atoms with Gasteiger partial charge in [0.1, 0.15) is 5.82 Å². The number of aromatic nitrogens is 3. The number of nitrogens with zero attached hydrogens (tertiary/aromatic N) is 2. The molecule has 1 heterocycles. The summed E-state index contributed by atoms with van der Waals surface area (Å²) in [6.07, 6.45) is 0. The van der Waals surface area contributed by atoms with Crippen LogP contribution in [0.4, 0.5) is 4.39 Å². The summed E-state index contributed by atoms with van der Waals surface area (Å²) in [6.45, 7) is 1.78. The Morgan fingerprint density at radius 3 is 2.62 bits per heavy atom. The molecule has 1 atom stereocenters. The number of halogens is 2. The van der Waals surface area contributed by atoms with Crippen molar-refractivity contribution in [2.75, 3.05) is 0 Å². The Labute approximate surface area is 147 Å². The van der Waals surface area contributed by atoms with Crippen LogP contribution < -0.4 is 0 Å². The number of aromatic amines is 1. The molecule has 7 heteroatoms. The Morgan fingerprint density at radius 1 is 1.21 bits per heavy atom. The molecule has 122 valence electrons. The quantitative estimate of drug-likeness (QED) is 0.531. The number of hydrogen-bond acceptors (Lipinski definition) is 4. The number of nitrogens with one attached hydrogen (secondary N) is 1. The molecule has 0 unspecified atom stereocenters. The lowest BCUT2D eigenvalue weighted by atomic mass is 10.1. The number of benzene rings is 2. The number of hydrogen-bond donors (Lipinski definition) is 1. The van der Waals surface area contributed by atoms with Gasteiger partial charge in [-0.3, -0.25) is 9.89 Å². The SMILES string of the molecule is C[C@H](Sc1n[nH]c(-c2ccccc2F)n1)C(=O)c1ccc(Cl)cc1. The van der Waals surface area contributed by atoms with Crippen molar-refractivity contribution in [1.82, 2.24) is 15.2 Å². The molecule has 24 heavy (non-hydrogen) atoms. The van der Waals surface area contributed by atoms with Crippen LogP contribution in [-0.4, -0.2) is 26.2 Å². The number of carbonyl (C=O) groups excluding carboxylic acids is 1. The molecule has 3 aromatic rings. The highest BCUT2D eigenvalue weighted by molar-refractivity contribution is 8.00. The number of thioether (sulfide) groups is 1. The monoisotopic (exact) mass is 361 g/mol. The average Bonchev–Trinajstić information content (AvgIpc) is 3.03. The van der Waals surface area contributed by atoms with Gasteiger partial charge in [0.2, 0.25) is 5.16 Å². The first-order valence-electron chi connectivity index (χ1n) is 7.18. The highest BCUT2D eigenvalue weighted by Crippen LogP contribution is 2.26. The van der Waals surface area contributed by atoms with Crippen LogP contribution in [-0.2, 0) is 0 Å². The number of Topliss-reactive ketones (excluding diaryl/α,β-unsaturated/α-hetero) is 1. The van der Waals surface area contributed by atoms with E-state index in [1.54, 1.807) is 49.4 Å². The average molecular weight is 362 g/mol. The fraction of sp³-hybridized carbons (Fsp3) is 0.118. The van der Waals surface area contributed by atoms with Crippen LogP contribution in [0.25, 0.3) is 11.4 Å². The Balaban J connectivity index is 1.73. The van der Waals surface area contributed by atoms with E-state index in [1.807, 2.05) is 0 Å². The highest BCUT2D eigenvalue weighted by Gasteiger charge is 2.19. The van der Waals surface area contributed by atoms with Gasteiger partial charge in [-0.1, -0.05) is 35.5 Å². The van der Waals surface area contributed by atoms with E-state index in [1.165, 1.54) is 17.8 Å². The van der Waals surface area contributed by atoms with Crippen molar-refractivity contribution < 1.29 is 9.18 Å². The molecule has 0 saturated heterocycles. The number of H-pyrrole nitrogens is 1. The molecular weight excluding hydrogens is 349 g/mol. The van der Waals surface area contributed by atoms with Gasteiger partial charge in [0.15, 0.2) is 11.6 Å². The summed E-state index contributed by atoms with van der Waals surface area (Å²) >= 11 is 7.04. The van der Waals surface area contributed by atoms with E-state index in [9.17, 15) is 9.18 Å². The van der Waals surface area contributed by atoms with Gasteiger partial charge in [-0.15, -0.1) is 5.10 Å². The summed E-state index contributed by atoms with van der Waals surface area (Å²) in [6, 6.07) is 13.0. The molecule has 2 aromatic carbocycles. The smallest absolute Gasteiger partial charge is 0.209 e. The van der Waals surface area contributed by atoms with E-state index >= 15 is 0 Å². The fourth-order valence-corrected chi connectivity index (χ4v) is 3.06. The molecule has 3 rings (SSSR count). The molecule has 1 N–H and O–H groups in total. The van der Waals surface area contributed by atoms with Crippen LogP contribution in [0.3, 0.4) is 0 Å². The second-order valence-electron chi connectivity index (χ2n) is 5.08. The Bertz CT molecular complexity index is 866. The summed E-state index contributed by atoms with van der Waals surface area (Å²) in [4.78, 5) is 16.7. The van der Waals surface area contributed by atoms with Crippen molar-refractivity contribution in [3.8, 4) is 11.4 Å². The highest BCUT2D eigenvalue weighted by atomic mass is 35.5. The van der Waals surface area contributed by atoms with Crippen molar-refractivity contribution >= 4 is 29.1 Å². The minimum atomic E-state index is -0.379. The standard InChI is InChI=1S/C17H13ClFN3OS/c1-10(15(23)11-6-8-12(18)9-7-11)24-17-20-16(21-22-17)13-4-2-3-5-14(13)19/h2-10H,1H3,(H,20,21,22)/t10-/m0/s1. The third kappa shape index (κ3) is 3.66. The lowest BCUT2D eigenvalue weighted by Gasteiger charge is -2.07. The van der Waals surface area contributed by atoms with E-state index in [0.717, 1.165) is 0 Å². The maximum atomic E-state index is 13.8. The van der Waals surface area contributed by atoms with Gasteiger partial charge in [0.25, 0.3) is 0 Å². The van der Waals surface area contributed by atoms with E-state index in [4.69, 9.17) is 11.6 Å². The van der Waals surface area contributed by atoms with Crippen molar-refractivity contribution in [3.63, 3.8) is 0 Å². The number of ketones is 1. The summed E-state index contributed by atoms with van der Waals surface area (Å²) in [5.74, 6) is -0.0915. The van der Waals surface area contributed by atoms with Gasteiger partial charge in [0.05, 0.1) is 10.8 Å². The summed E-state index contributed by atoms with van der Waals surface area (Å²) in [7, 11) is 0. The van der Waals surface area contributed by atoms with Crippen LogP contribution in [0, 0.1) is 5.82 Å². The topological polar surface area (TPSA) is 58.6 Å². The fourth-order valence-electron chi connectivity index (χ4n) is 2.13. The molecule has 0 aliphatic rings. The van der Waals surface area contributed by atoms with E-state index in [2.05, 4.69) is 15.2 Å². The zero-order valence-corrected chi connectivity index (χ0v) is 14.2. The largest absolute Gasteiger partial charge is 0.293 e. The molecule has 0 saturated carbocycles. The summed E-state index contributed by atoms with van der Waals surface area (Å²) in [5, 5.41) is 7.35. The van der Waals surface area contributed by atoms with Crippen LogP contribution in [0.5, 0.6) is 0 Å². The minimum Gasteiger partial charge on any atom is -0.293 e. The van der Waals surface area contributed by atoms with Gasteiger partial charge in [-0.25, -0.2) is 9.37 Å². The predicted octanol–water partition coefficient (Wildman–Crippen LogP) is 4.63. The van der Waals surface area contributed by atoms with Crippen LogP contribution in [0.15, 0.2) is 53.7 Å². The molecule has 0 amide bonds. The molecule has 1 aromatic heterocycles. The van der Waals surface area contributed by atoms with Crippen LogP contribution in [0.1, 0.15) is 17.3 Å². The van der Waals surface area contributed by atoms with E-state index in [-0.39, 0.29) is 16.9 Å². The normalized spacial score (nSPS) is 12.1. The summed E-state index contributed by atoms with van der Waals surface area (Å²) in [5.41, 5.74) is 0.915. The van der Waals surface area contributed by atoms with Gasteiger partial charge in [-0.05, 0) is 43.3 Å². The third-order valence-electron chi connectivity index (χ3n) is 3.37. The Hall–Kier alpha value is -2.18. The molecule has 0 aliphatic heterocycles. The van der Waals surface area contributed by atoms with Gasteiger partial charge < -0.3 is 0 Å². The Kier molecular flexibility index (Phi) is 4.97. The van der Waals surface area contributed by atoms with Crippen molar-refractivity contribution in [1.29, 1.82) is 0 Å². The lowest BCUT2D eigenvalue weighted by Crippen LogP contribution is -2.13. The predicted molar refractivity (Wildman–Crippen MR) is 92.9 cm³/mol. The van der Waals surface area contributed by atoms with E-state index in [0.29, 0.717) is 27.1 Å². The van der Waals surface area contributed by atoms with Gasteiger partial charge >= 0.3 is 0 Å². The molecule has 0 bridgehead atoms. The van der Waals surface area contributed by atoms with Crippen LogP contribution in [0.2, 0.25) is 5.02 Å². The Morgan fingerprint density at radius 2 is 1.92 bits per heavy atom. The third-order valence-corrected chi connectivity index (χ3v) is 4.59. The second kappa shape index (κ2) is 7.15. The van der Waals surface area contributed by atoms with Crippen molar-refractivity contribution in [2.45, 2.75) is 17.3 Å². The molecular formula is C17H13ClFN3OS. The number of rotatable bonds is 5. The first-order valence-corrected chi connectivity index (χ1v) is 8.44. The zero-order valence-electron chi connectivity index (χ0n) is 12.7. The van der Waals surface area contributed by atoms with Gasteiger partial charge in [-0.2, -0.15) is 0 Å². The number of carbonyl (C=O) groups is 1. The molecule has 0 fully saturated rings. The second-order valence-corrected chi connectivity index (χ2v) is 6.82. The maximum Gasteiger partial charge on any atom is 0.209 e. The summed E-state index contributed by atoms with van der Waals surface area (Å²) < 4.78 is 13.8. The maximum absolute atomic E-state index is 13.8. The molecule has 0 aliphatic carbocycles. The van der Waals surface area contributed by atoms with Crippen LogP contribution >= 0.6 is 23.4 Å². The van der Waals surface area contributed by atoms with Crippen molar-refractivity contribution in [2.24, 2.45) is 0 Å².